The first-order valence-electron chi connectivity index (χ1n) is 7.83. The molecule has 0 unspecified atom stereocenters. The lowest BCUT2D eigenvalue weighted by molar-refractivity contribution is -0.384. The maximum atomic E-state index is 12.4. The molecule has 0 saturated carbocycles. The zero-order valence-electron chi connectivity index (χ0n) is 13.7. The van der Waals surface area contributed by atoms with Crippen molar-refractivity contribution in [2.75, 3.05) is 0 Å². The van der Waals surface area contributed by atoms with E-state index in [2.05, 4.69) is 10.1 Å². The molecule has 0 aliphatic carbocycles. The van der Waals surface area contributed by atoms with Crippen LogP contribution in [0.4, 0.5) is 5.69 Å². The average Bonchev–Trinajstić information content (AvgIpc) is 3.10. The third-order valence-corrected chi connectivity index (χ3v) is 4.85. The molecule has 4 rings (SSSR count). The van der Waals surface area contributed by atoms with Gasteiger partial charge in [-0.05, 0) is 35.5 Å². The van der Waals surface area contributed by atoms with Gasteiger partial charge in [-0.15, -0.1) is 0 Å². The lowest BCUT2D eigenvalue weighted by Crippen LogP contribution is -2.35. The first-order chi connectivity index (χ1) is 13.0. The maximum absolute atomic E-state index is 12.4. The number of amidine groups is 2. The van der Waals surface area contributed by atoms with Crippen LogP contribution in [0, 0.1) is 15.5 Å². The molecule has 0 fully saturated rings. The molecule has 0 aromatic heterocycles. The van der Waals surface area contributed by atoms with Crippen molar-refractivity contribution < 1.29 is 9.72 Å². The number of carbonyl (C=O) groups excluding carboxylic acids is 1. The molecule has 2 aromatic rings. The van der Waals surface area contributed by atoms with Crippen molar-refractivity contribution in [1.82, 2.24) is 5.01 Å². The van der Waals surface area contributed by atoms with Crippen molar-refractivity contribution in [3.05, 3.63) is 81.4 Å². The molecule has 27 heavy (non-hydrogen) atoms. The normalized spacial score (nSPS) is 17.6. The summed E-state index contributed by atoms with van der Waals surface area (Å²) < 4.78 is 0. The van der Waals surface area contributed by atoms with E-state index in [9.17, 15) is 14.9 Å². The third-order valence-electron chi connectivity index (χ3n) is 3.89. The molecular weight excluding hydrogens is 366 g/mol. The Hall–Kier alpha value is -3.59. The summed E-state index contributed by atoms with van der Waals surface area (Å²) in [6, 6.07) is 15.2. The summed E-state index contributed by atoms with van der Waals surface area (Å²) in [6.45, 7) is 0. The minimum absolute atomic E-state index is 0.0458. The Bertz CT molecular complexity index is 1060. The molecule has 0 bridgehead atoms. The molecule has 0 atom stereocenters. The number of nitrogens with one attached hydrogen (secondary N) is 1. The van der Waals surface area contributed by atoms with Crippen LogP contribution in [-0.2, 0) is 4.79 Å². The molecule has 2 aliphatic rings. The second kappa shape index (κ2) is 6.61. The highest BCUT2D eigenvalue weighted by molar-refractivity contribution is 8.27. The number of nitro groups is 1. The molecule has 132 valence electrons. The minimum atomic E-state index is -0.540. The highest BCUT2D eigenvalue weighted by atomic mass is 32.2. The van der Waals surface area contributed by atoms with Crippen LogP contribution in [0.5, 0.6) is 0 Å². The lowest BCUT2D eigenvalue weighted by Gasteiger charge is -2.20. The fraction of sp³-hybridized carbons (Fsp3) is 0. The van der Waals surface area contributed by atoms with Gasteiger partial charge in [-0.1, -0.05) is 30.3 Å². The van der Waals surface area contributed by atoms with Crippen molar-refractivity contribution in [3.8, 4) is 0 Å². The van der Waals surface area contributed by atoms with Crippen molar-refractivity contribution >= 4 is 45.5 Å². The Morgan fingerprint density at radius 2 is 1.81 bits per heavy atom. The summed E-state index contributed by atoms with van der Waals surface area (Å²) >= 11 is 1.23. The number of hydrogen-bond donors (Lipinski definition) is 1. The van der Waals surface area contributed by atoms with Gasteiger partial charge >= 0.3 is 0 Å². The first-order valence-corrected chi connectivity index (χ1v) is 8.65. The van der Waals surface area contributed by atoms with Crippen LogP contribution >= 0.6 is 11.8 Å². The monoisotopic (exact) mass is 377 g/mol. The summed E-state index contributed by atoms with van der Waals surface area (Å²) in [5, 5.41) is 25.8. The van der Waals surface area contributed by atoms with Crippen LogP contribution in [0.15, 0.2) is 70.3 Å². The molecule has 0 saturated heterocycles. The molecule has 2 heterocycles. The molecular formula is C18H11N5O3S. The fourth-order valence-electron chi connectivity index (χ4n) is 2.55. The van der Waals surface area contributed by atoms with Gasteiger partial charge in [0.05, 0.1) is 10.5 Å². The fourth-order valence-corrected chi connectivity index (χ4v) is 3.44. The predicted octanol–water partition coefficient (Wildman–Crippen LogP) is 3.26. The van der Waals surface area contributed by atoms with Crippen molar-refractivity contribution in [2.24, 2.45) is 10.1 Å². The molecule has 9 heteroatoms. The Labute approximate surface area is 157 Å². The van der Waals surface area contributed by atoms with Crippen LogP contribution < -0.4 is 0 Å². The van der Waals surface area contributed by atoms with Gasteiger partial charge in [-0.25, -0.2) is 0 Å². The molecule has 2 aromatic carbocycles. The zero-order valence-corrected chi connectivity index (χ0v) is 14.5. The highest BCUT2D eigenvalue weighted by Gasteiger charge is 2.35. The van der Waals surface area contributed by atoms with E-state index in [1.54, 1.807) is 0 Å². The van der Waals surface area contributed by atoms with Gasteiger partial charge in [0.15, 0.2) is 5.84 Å². The number of nitrogens with zero attached hydrogens (tertiary/aromatic N) is 4. The van der Waals surface area contributed by atoms with Crippen molar-refractivity contribution in [1.29, 1.82) is 5.41 Å². The number of amides is 1. The maximum Gasteiger partial charge on any atom is 0.283 e. The van der Waals surface area contributed by atoms with Gasteiger partial charge in [-0.3, -0.25) is 20.3 Å². The third kappa shape index (κ3) is 3.15. The number of hydrogen-bond acceptors (Lipinski definition) is 6. The topological polar surface area (TPSA) is 112 Å². The van der Waals surface area contributed by atoms with Crippen molar-refractivity contribution in [3.63, 3.8) is 0 Å². The van der Waals surface area contributed by atoms with E-state index in [1.165, 1.54) is 47.1 Å². The summed E-state index contributed by atoms with van der Waals surface area (Å²) in [7, 11) is 0. The zero-order chi connectivity index (χ0) is 19.0. The molecule has 1 N–H and O–H groups in total. The summed E-state index contributed by atoms with van der Waals surface area (Å²) in [6.07, 6.45) is 1.48. The second-order valence-electron chi connectivity index (χ2n) is 5.64. The molecule has 1 amide bonds. The van der Waals surface area contributed by atoms with E-state index in [4.69, 9.17) is 5.41 Å². The Balaban J connectivity index is 1.66. The van der Waals surface area contributed by atoms with Crippen LogP contribution in [0.2, 0.25) is 0 Å². The van der Waals surface area contributed by atoms with Crippen molar-refractivity contribution in [2.45, 2.75) is 0 Å². The van der Waals surface area contributed by atoms with Gasteiger partial charge in [0.1, 0.15) is 5.04 Å². The summed E-state index contributed by atoms with van der Waals surface area (Å²) in [5.41, 5.74) is 1.47. The number of non-ortho nitro benzene ring substituents is 1. The van der Waals surface area contributed by atoms with Gasteiger partial charge < -0.3 is 0 Å². The number of nitro benzene ring substituents is 1. The number of thioether (sulfide) groups is 1. The van der Waals surface area contributed by atoms with E-state index in [0.717, 1.165) is 5.56 Å². The smallest absolute Gasteiger partial charge is 0.282 e. The average molecular weight is 377 g/mol. The quantitative estimate of drug-likeness (QED) is 0.501. The van der Waals surface area contributed by atoms with Gasteiger partial charge in [0.2, 0.25) is 5.17 Å². The van der Waals surface area contributed by atoms with E-state index in [-0.39, 0.29) is 17.1 Å². The summed E-state index contributed by atoms with van der Waals surface area (Å²) in [5.74, 6) is -0.622. The van der Waals surface area contributed by atoms with Gasteiger partial charge in [-0.2, -0.15) is 15.1 Å². The Morgan fingerprint density at radius 1 is 1.11 bits per heavy atom. The molecule has 2 aliphatic heterocycles. The van der Waals surface area contributed by atoms with Crippen LogP contribution in [0.25, 0.3) is 6.08 Å². The van der Waals surface area contributed by atoms with E-state index < -0.39 is 10.8 Å². The Kier molecular flexibility index (Phi) is 4.13. The van der Waals surface area contributed by atoms with Crippen LogP contribution in [0.1, 0.15) is 11.1 Å². The second-order valence-corrected chi connectivity index (χ2v) is 6.60. The number of rotatable bonds is 3. The standard InChI is InChI=1S/C18H11N5O3S/c19-15-14(10-11-6-8-13(9-7-11)23(25)26)16(24)20-18-22(15)21-17(27-18)12-4-2-1-3-5-12/h1-10,19H/b14-10-,19-15?. The number of carbonyl (C=O) groups is 1. The van der Waals surface area contributed by atoms with Gasteiger partial charge in [0.25, 0.3) is 11.6 Å². The molecule has 0 radical (unpaired) electrons. The van der Waals surface area contributed by atoms with E-state index >= 15 is 0 Å². The number of benzene rings is 2. The van der Waals surface area contributed by atoms with E-state index in [1.807, 2.05) is 30.3 Å². The highest BCUT2D eigenvalue weighted by Crippen LogP contribution is 2.30. The number of aliphatic imine (C=N–C) groups is 1. The lowest BCUT2D eigenvalue weighted by atomic mass is 10.1. The first kappa shape index (κ1) is 16.9. The van der Waals surface area contributed by atoms with Gasteiger partial charge in [0, 0.05) is 17.7 Å². The molecule has 8 nitrogen and oxygen atoms in total. The number of hydrazone groups is 1. The predicted molar refractivity (Wildman–Crippen MR) is 104 cm³/mol. The SMILES string of the molecule is N=C1/C(=C/c2ccc([N+](=O)[O-])cc2)C(=O)N=C2SC(c3ccccc3)=NN12. The number of fused-ring (bicyclic) bond motifs is 1. The Morgan fingerprint density at radius 3 is 2.48 bits per heavy atom. The largest absolute Gasteiger partial charge is 0.283 e. The molecule has 0 spiro atoms. The summed E-state index contributed by atoms with van der Waals surface area (Å²) in [4.78, 5) is 26.6. The minimum Gasteiger partial charge on any atom is -0.282 e. The van der Waals surface area contributed by atoms with Crippen LogP contribution in [0.3, 0.4) is 0 Å². The van der Waals surface area contributed by atoms with Crippen LogP contribution in [-0.4, -0.2) is 31.9 Å². The van der Waals surface area contributed by atoms with E-state index in [0.29, 0.717) is 15.8 Å².